The molecule has 0 fully saturated rings. The molecule has 6 rings (SSSR count). The van der Waals surface area contributed by atoms with Gasteiger partial charge in [-0.15, -0.1) is 0 Å². The Labute approximate surface area is 232 Å². The average molecular weight is 613 g/mol. The van der Waals surface area contributed by atoms with E-state index < -0.39 is 0 Å². The second-order valence-corrected chi connectivity index (χ2v) is 8.87. The molecular weight excluding hydrogens is 585 g/mol. The van der Waals surface area contributed by atoms with Crippen molar-refractivity contribution < 1.29 is 57.0 Å². The standard InChI is InChI=1S/C29H28NO6.HI/c1-31-20-6-4-18(5-7-20)15-34-16-24-21-8-9-25(32-2)29(33-3)23(21)14-30-11-10-19-12-26-27(36-17-35-26)13-22(19)28(24)30;/h4-9,12-14H,10-11,15-17H2,1-3H3;1H/q+1;/p-1. The van der Waals surface area contributed by atoms with Gasteiger partial charge in [-0.25, -0.2) is 0 Å². The summed E-state index contributed by atoms with van der Waals surface area (Å²) in [7, 11) is 5.00. The SMILES string of the molecule is COc1ccc(COCc2c3[n+](cc4c(OC)c(OC)ccc24)CCc2cc4c(cc2-3)OCO4)cc1.[I-]. The van der Waals surface area contributed by atoms with E-state index in [1.54, 1.807) is 21.3 Å². The van der Waals surface area contributed by atoms with Crippen molar-refractivity contribution in [2.75, 3.05) is 28.1 Å². The molecule has 0 amide bonds. The molecule has 0 saturated carbocycles. The highest BCUT2D eigenvalue weighted by Gasteiger charge is 2.32. The maximum Gasteiger partial charge on any atom is 0.231 e. The van der Waals surface area contributed by atoms with Crippen molar-refractivity contribution in [3.63, 3.8) is 0 Å². The van der Waals surface area contributed by atoms with E-state index >= 15 is 0 Å². The van der Waals surface area contributed by atoms with Crippen LogP contribution in [-0.4, -0.2) is 28.1 Å². The lowest BCUT2D eigenvalue weighted by Gasteiger charge is -2.21. The number of ether oxygens (including phenoxy) is 6. The molecule has 3 aromatic carbocycles. The summed E-state index contributed by atoms with van der Waals surface area (Å²) in [6.07, 6.45) is 3.06. The Bertz CT molecular complexity index is 1450. The zero-order valence-corrected chi connectivity index (χ0v) is 23.2. The largest absolute Gasteiger partial charge is 1.00 e. The van der Waals surface area contributed by atoms with E-state index in [1.165, 1.54) is 5.56 Å². The summed E-state index contributed by atoms with van der Waals surface area (Å²) in [6, 6.07) is 16.2. The van der Waals surface area contributed by atoms with Crippen molar-refractivity contribution in [1.82, 2.24) is 0 Å². The molecule has 0 radical (unpaired) electrons. The van der Waals surface area contributed by atoms with E-state index in [-0.39, 0.29) is 30.8 Å². The van der Waals surface area contributed by atoms with Gasteiger partial charge in [0, 0.05) is 11.8 Å². The van der Waals surface area contributed by atoms with Crippen LogP contribution in [0.25, 0.3) is 22.0 Å². The zero-order valence-electron chi connectivity index (χ0n) is 21.0. The van der Waals surface area contributed by atoms with Gasteiger partial charge in [-0.3, -0.25) is 0 Å². The van der Waals surface area contributed by atoms with Crippen LogP contribution in [0.3, 0.4) is 0 Å². The number of hydrogen-bond donors (Lipinski definition) is 0. The van der Waals surface area contributed by atoms with Crippen LogP contribution in [0.15, 0.2) is 54.7 Å². The fourth-order valence-electron chi connectivity index (χ4n) is 5.15. The second kappa shape index (κ2) is 10.6. The van der Waals surface area contributed by atoms with E-state index in [1.807, 2.05) is 30.3 Å². The van der Waals surface area contributed by atoms with Gasteiger partial charge in [0.2, 0.25) is 12.5 Å². The molecule has 2 aliphatic rings. The third-order valence-corrected chi connectivity index (χ3v) is 6.92. The Hall–Kier alpha value is -3.24. The van der Waals surface area contributed by atoms with Crippen LogP contribution in [0.2, 0.25) is 0 Å². The lowest BCUT2D eigenvalue weighted by molar-refractivity contribution is -0.686. The Morgan fingerprint density at radius 2 is 1.62 bits per heavy atom. The van der Waals surface area contributed by atoms with Gasteiger partial charge in [-0.1, -0.05) is 12.1 Å². The monoisotopic (exact) mass is 613 g/mol. The summed E-state index contributed by atoms with van der Waals surface area (Å²) < 4.78 is 36.6. The fourth-order valence-corrected chi connectivity index (χ4v) is 5.15. The minimum Gasteiger partial charge on any atom is -1.00 e. The molecule has 37 heavy (non-hydrogen) atoms. The maximum absolute atomic E-state index is 6.31. The molecule has 0 N–H and O–H groups in total. The number of fused-ring (bicyclic) bond motifs is 5. The molecular formula is C29H28INO6. The number of benzene rings is 3. The van der Waals surface area contributed by atoms with Gasteiger partial charge < -0.3 is 52.4 Å². The molecule has 8 heteroatoms. The predicted molar refractivity (Wildman–Crippen MR) is 134 cm³/mol. The number of rotatable bonds is 7. The highest BCUT2D eigenvalue weighted by molar-refractivity contribution is 5.95. The van der Waals surface area contributed by atoms with Gasteiger partial charge in [0.05, 0.1) is 51.1 Å². The smallest absolute Gasteiger partial charge is 0.231 e. The van der Waals surface area contributed by atoms with Crippen molar-refractivity contribution in [2.45, 2.75) is 26.2 Å². The summed E-state index contributed by atoms with van der Waals surface area (Å²) in [5.74, 6) is 3.84. The number of hydrogen-bond acceptors (Lipinski definition) is 6. The molecule has 0 saturated heterocycles. The van der Waals surface area contributed by atoms with Crippen molar-refractivity contribution in [3.05, 3.63) is 71.4 Å². The predicted octanol–water partition coefficient (Wildman–Crippen LogP) is 1.83. The van der Waals surface area contributed by atoms with Gasteiger partial charge >= 0.3 is 0 Å². The normalized spacial score (nSPS) is 12.9. The molecule has 1 aromatic heterocycles. The Morgan fingerprint density at radius 1 is 0.838 bits per heavy atom. The van der Waals surface area contributed by atoms with Gasteiger partial charge in [0.25, 0.3) is 0 Å². The molecule has 0 bridgehead atoms. The van der Waals surface area contributed by atoms with E-state index in [2.05, 4.69) is 29.0 Å². The number of halogens is 1. The Kier molecular flexibility index (Phi) is 7.30. The van der Waals surface area contributed by atoms with E-state index in [0.29, 0.717) is 19.0 Å². The number of nitrogens with zero attached hydrogens (tertiary/aromatic N) is 1. The summed E-state index contributed by atoms with van der Waals surface area (Å²) in [5, 5.41) is 2.06. The van der Waals surface area contributed by atoms with E-state index in [4.69, 9.17) is 28.4 Å². The number of methoxy groups -OCH3 is 3. The highest BCUT2D eigenvalue weighted by atomic mass is 127. The molecule has 0 aliphatic carbocycles. The third-order valence-electron chi connectivity index (χ3n) is 6.92. The van der Waals surface area contributed by atoms with Crippen LogP contribution in [-0.2, 0) is 30.9 Å². The number of aromatic nitrogens is 1. The van der Waals surface area contributed by atoms with Crippen molar-refractivity contribution in [2.24, 2.45) is 0 Å². The van der Waals surface area contributed by atoms with Gasteiger partial charge in [0.1, 0.15) is 5.75 Å². The van der Waals surface area contributed by atoms with Gasteiger partial charge in [0.15, 0.2) is 35.7 Å². The molecule has 0 atom stereocenters. The van der Waals surface area contributed by atoms with Crippen LogP contribution in [0.1, 0.15) is 16.7 Å². The molecule has 3 heterocycles. The van der Waals surface area contributed by atoms with Crippen LogP contribution < -0.4 is 52.2 Å². The first-order valence-corrected chi connectivity index (χ1v) is 11.9. The minimum atomic E-state index is 0. The van der Waals surface area contributed by atoms with Crippen LogP contribution >= 0.6 is 0 Å². The average Bonchev–Trinajstić information content (AvgIpc) is 3.38. The van der Waals surface area contributed by atoms with E-state index in [0.717, 1.165) is 69.1 Å². The van der Waals surface area contributed by atoms with Gasteiger partial charge in [-0.2, -0.15) is 4.57 Å². The second-order valence-electron chi connectivity index (χ2n) is 8.87. The lowest BCUT2D eigenvalue weighted by Crippen LogP contribution is -3.00. The first-order chi connectivity index (χ1) is 17.7. The first-order valence-electron chi connectivity index (χ1n) is 11.9. The lowest BCUT2D eigenvalue weighted by atomic mass is 9.91. The molecule has 0 unspecified atom stereocenters. The summed E-state index contributed by atoms with van der Waals surface area (Å²) >= 11 is 0. The van der Waals surface area contributed by atoms with Crippen LogP contribution in [0, 0.1) is 0 Å². The van der Waals surface area contributed by atoms with Crippen LogP contribution in [0.5, 0.6) is 28.7 Å². The van der Waals surface area contributed by atoms with Crippen LogP contribution in [0.4, 0.5) is 0 Å². The van der Waals surface area contributed by atoms with Crippen molar-refractivity contribution >= 4 is 10.8 Å². The van der Waals surface area contributed by atoms with Crippen molar-refractivity contribution in [1.29, 1.82) is 0 Å². The Balaban J connectivity index is 0.00000280. The van der Waals surface area contributed by atoms with E-state index in [9.17, 15) is 0 Å². The zero-order chi connectivity index (χ0) is 24.6. The first kappa shape index (κ1) is 25.4. The molecule has 2 aliphatic heterocycles. The third kappa shape index (κ3) is 4.53. The minimum absolute atomic E-state index is 0. The summed E-state index contributed by atoms with van der Waals surface area (Å²) in [6.45, 7) is 2.01. The quantitative estimate of drug-likeness (QED) is 0.234. The fraction of sp³-hybridized carbons (Fsp3) is 0.276. The highest BCUT2D eigenvalue weighted by Crippen LogP contribution is 2.43. The number of aryl methyl sites for hydroxylation is 2. The summed E-state index contributed by atoms with van der Waals surface area (Å²) in [5.41, 5.74) is 5.70. The molecule has 4 aromatic rings. The molecule has 192 valence electrons. The number of pyridine rings is 1. The molecule has 7 nitrogen and oxygen atoms in total. The maximum atomic E-state index is 6.31. The summed E-state index contributed by atoms with van der Waals surface area (Å²) in [4.78, 5) is 0. The molecule has 0 spiro atoms. The Morgan fingerprint density at radius 3 is 2.35 bits per heavy atom. The topological polar surface area (TPSA) is 59.3 Å². The van der Waals surface area contributed by atoms with Gasteiger partial charge in [-0.05, 0) is 47.5 Å². The van der Waals surface area contributed by atoms with Crippen molar-refractivity contribution in [3.8, 4) is 40.0 Å².